The summed E-state index contributed by atoms with van der Waals surface area (Å²) in [5.74, 6) is -0.208. The number of benzene rings is 1. The zero-order valence-corrected chi connectivity index (χ0v) is 11.6. The standard InChI is InChI=1S/C13H15N5O4/c14-13(19)17-22-5-4-11(12-7-15-8-16-12)9-2-1-3-10(6-9)18(20)21/h1-3,6-8,11H,4-5H2,(H,15,16)(H3,14,17,19). The van der Waals surface area contributed by atoms with E-state index in [9.17, 15) is 14.9 Å². The van der Waals surface area contributed by atoms with Crippen molar-refractivity contribution in [2.45, 2.75) is 12.3 Å². The van der Waals surface area contributed by atoms with Crippen LogP contribution in [0.5, 0.6) is 0 Å². The van der Waals surface area contributed by atoms with Gasteiger partial charge in [0.1, 0.15) is 0 Å². The number of nitrogens with one attached hydrogen (secondary N) is 2. The molecule has 0 aliphatic heterocycles. The number of primary amides is 1. The normalized spacial score (nSPS) is 11.8. The molecule has 9 heteroatoms. The average molecular weight is 305 g/mol. The predicted octanol–water partition coefficient (Wildman–Crippen LogP) is 1.44. The first-order chi connectivity index (χ1) is 10.6. The van der Waals surface area contributed by atoms with Gasteiger partial charge in [0.05, 0.1) is 23.6 Å². The van der Waals surface area contributed by atoms with Crippen molar-refractivity contribution in [2.24, 2.45) is 5.73 Å². The Morgan fingerprint density at radius 1 is 1.55 bits per heavy atom. The molecule has 0 aliphatic carbocycles. The van der Waals surface area contributed by atoms with Gasteiger partial charge in [0, 0.05) is 24.2 Å². The van der Waals surface area contributed by atoms with Crippen molar-refractivity contribution in [3.8, 4) is 0 Å². The Labute approximate surface area is 125 Å². The van der Waals surface area contributed by atoms with Gasteiger partial charge in [0.2, 0.25) is 0 Å². The number of non-ortho nitro benzene ring substituents is 1. The number of H-pyrrole nitrogens is 1. The minimum Gasteiger partial charge on any atom is -0.351 e. The Bertz CT molecular complexity index is 644. The van der Waals surface area contributed by atoms with Crippen molar-refractivity contribution in [1.29, 1.82) is 0 Å². The van der Waals surface area contributed by atoms with Gasteiger partial charge in [-0.25, -0.2) is 15.3 Å². The van der Waals surface area contributed by atoms with Crippen molar-refractivity contribution in [2.75, 3.05) is 6.61 Å². The first kappa shape index (κ1) is 15.4. The fourth-order valence-electron chi connectivity index (χ4n) is 2.10. The number of nitro benzene ring substituents is 1. The zero-order valence-electron chi connectivity index (χ0n) is 11.6. The number of nitrogens with zero attached hydrogens (tertiary/aromatic N) is 2. The monoisotopic (exact) mass is 305 g/mol. The number of carbonyl (C=O) groups excluding carboxylic acids is 1. The molecule has 0 saturated heterocycles. The maximum Gasteiger partial charge on any atom is 0.336 e. The van der Waals surface area contributed by atoms with Crippen molar-refractivity contribution in [1.82, 2.24) is 15.4 Å². The van der Waals surface area contributed by atoms with Crippen molar-refractivity contribution >= 4 is 11.7 Å². The molecular weight excluding hydrogens is 290 g/mol. The molecule has 0 fully saturated rings. The molecule has 1 aromatic carbocycles. The second kappa shape index (κ2) is 7.18. The number of nitro groups is 1. The lowest BCUT2D eigenvalue weighted by Gasteiger charge is -2.15. The molecule has 0 aliphatic rings. The first-order valence-corrected chi connectivity index (χ1v) is 6.48. The largest absolute Gasteiger partial charge is 0.351 e. The molecule has 116 valence electrons. The fraction of sp³-hybridized carbons (Fsp3) is 0.231. The Kier molecular flexibility index (Phi) is 5.04. The molecule has 9 nitrogen and oxygen atoms in total. The number of urea groups is 1. The number of rotatable bonds is 7. The topological polar surface area (TPSA) is 136 Å². The summed E-state index contributed by atoms with van der Waals surface area (Å²) < 4.78 is 0. The van der Waals surface area contributed by atoms with Crippen LogP contribution in [0, 0.1) is 10.1 Å². The van der Waals surface area contributed by atoms with Crippen LogP contribution >= 0.6 is 0 Å². The molecule has 1 atom stereocenters. The number of hydrogen-bond donors (Lipinski definition) is 3. The molecular formula is C13H15N5O4. The van der Waals surface area contributed by atoms with E-state index in [2.05, 4.69) is 9.97 Å². The highest BCUT2D eigenvalue weighted by atomic mass is 16.7. The van der Waals surface area contributed by atoms with Gasteiger partial charge in [0.25, 0.3) is 5.69 Å². The van der Waals surface area contributed by atoms with Crippen molar-refractivity contribution < 1.29 is 14.6 Å². The van der Waals surface area contributed by atoms with E-state index in [4.69, 9.17) is 10.6 Å². The molecule has 1 heterocycles. The molecule has 0 bridgehead atoms. The van der Waals surface area contributed by atoms with Gasteiger partial charge in [-0.3, -0.25) is 15.0 Å². The second-order valence-corrected chi connectivity index (χ2v) is 4.50. The third kappa shape index (κ3) is 4.03. The van der Waals surface area contributed by atoms with E-state index >= 15 is 0 Å². The average Bonchev–Trinajstić information content (AvgIpc) is 3.01. The second-order valence-electron chi connectivity index (χ2n) is 4.50. The highest BCUT2D eigenvalue weighted by Crippen LogP contribution is 2.28. The first-order valence-electron chi connectivity index (χ1n) is 6.48. The van der Waals surface area contributed by atoms with Crippen LogP contribution in [0.4, 0.5) is 10.5 Å². The molecule has 1 unspecified atom stereocenters. The smallest absolute Gasteiger partial charge is 0.336 e. The minimum absolute atomic E-state index is 0.00853. The van der Waals surface area contributed by atoms with Crippen molar-refractivity contribution in [3.05, 3.63) is 58.2 Å². The highest BCUT2D eigenvalue weighted by molar-refractivity contribution is 5.70. The highest BCUT2D eigenvalue weighted by Gasteiger charge is 2.18. The lowest BCUT2D eigenvalue weighted by molar-refractivity contribution is -0.384. The molecule has 2 rings (SSSR count). The SMILES string of the molecule is NC(=O)NOCCC(c1cccc([N+](=O)[O-])c1)c1c[nH]cn1. The Morgan fingerprint density at radius 3 is 3.00 bits per heavy atom. The Morgan fingerprint density at radius 2 is 2.36 bits per heavy atom. The van der Waals surface area contributed by atoms with E-state index in [1.807, 2.05) is 5.48 Å². The van der Waals surface area contributed by atoms with Crippen LogP contribution in [0.3, 0.4) is 0 Å². The number of carbonyl (C=O) groups is 1. The molecule has 0 spiro atoms. The van der Waals surface area contributed by atoms with Crippen LogP contribution < -0.4 is 11.2 Å². The summed E-state index contributed by atoms with van der Waals surface area (Å²) in [6, 6.07) is 5.55. The van der Waals surface area contributed by atoms with E-state index in [1.54, 1.807) is 18.3 Å². The quantitative estimate of drug-likeness (QED) is 0.404. The number of aromatic nitrogens is 2. The van der Waals surface area contributed by atoms with Gasteiger partial charge in [-0.15, -0.1) is 0 Å². The third-order valence-corrected chi connectivity index (χ3v) is 3.04. The van der Waals surface area contributed by atoms with Crippen LogP contribution in [0.25, 0.3) is 0 Å². The molecule has 4 N–H and O–H groups in total. The number of amides is 2. The van der Waals surface area contributed by atoms with Crippen LogP contribution in [-0.2, 0) is 4.84 Å². The third-order valence-electron chi connectivity index (χ3n) is 3.04. The number of aromatic amines is 1. The summed E-state index contributed by atoms with van der Waals surface area (Å²) in [4.78, 5) is 33.0. The Balaban J connectivity index is 2.16. The van der Waals surface area contributed by atoms with Crippen LogP contribution in [-0.4, -0.2) is 27.5 Å². The van der Waals surface area contributed by atoms with Crippen LogP contribution in [0.2, 0.25) is 0 Å². The number of nitrogens with two attached hydrogens (primary N) is 1. The van der Waals surface area contributed by atoms with Gasteiger partial charge in [-0.05, 0) is 12.0 Å². The number of imidazole rings is 1. The molecule has 22 heavy (non-hydrogen) atoms. The lowest BCUT2D eigenvalue weighted by Crippen LogP contribution is -2.30. The van der Waals surface area contributed by atoms with Gasteiger partial charge >= 0.3 is 6.03 Å². The van der Waals surface area contributed by atoms with Gasteiger partial charge in [0.15, 0.2) is 0 Å². The predicted molar refractivity (Wildman–Crippen MR) is 76.8 cm³/mol. The maximum atomic E-state index is 10.9. The van der Waals surface area contributed by atoms with E-state index in [0.29, 0.717) is 6.42 Å². The van der Waals surface area contributed by atoms with Gasteiger partial charge < -0.3 is 10.7 Å². The summed E-state index contributed by atoms with van der Waals surface area (Å²) in [6.07, 6.45) is 3.71. The molecule has 2 amide bonds. The lowest BCUT2D eigenvalue weighted by atomic mass is 9.93. The minimum atomic E-state index is -0.785. The molecule has 0 saturated carbocycles. The molecule has 0 radical (unpaired) electrons. The van der Waals surface area contributed by atoms with E-state index in [1.165, 1.54) is 18.5 Å². The summed E-state index contributed by atoms with van der Waals surface area (Å²) in [6.45, 7) is 0.184. The number of hydrogen-bond acceptors (Lipinski definition) is 5. The molecule has 1 aromatic heterocycles. The molecule has 2 aromatic rings. The summed E-state index contributed by atoms with van der Waals surface area (Å²) in [5, 5.41) is 10.9. The van der Waals surface area contributed by atoms with E-state index in [0.717, 1.165) is 11.3 Å². The fourth-order valence-corrected chi connectivity index (χ4v) is 2.10. The van der Waals surface area contributed by atoms with Gasteiger partial charge in [-0.1, -0.05) is 12.1 Å². The number of hydroxylamine groups is 1. The maximum absolute atomic E-state index is 10.9. The van der Waals surface area contributed by atoms with Crippen molar-refractivity contribution in [3.63, 3.8) is 0 Å². The van der Waals surface area contributed by atoms with Crippen LogP contribution in [0.15, 0.2) is 36.8 Å². The van der Waals surface area contributed by atoms with E-state index in [-0.39, 0.29) is 18.2 Å². The summed E-state index contributed by atoms with van der Waals surface area (Å²) >= 11 is 0. The van der Waals surface area contributed by atoms with E-state index < -0.39 is 11.0 Å². The zero-order chi connectivity index (χ0) is 15.9. The summed E-state index contributed by atoms with van der Waals surface area (Å²) in [5.41, 5.74) is 8.40. The summed E-state index contributed by atoms with van der Waals surface area (Å²) in [7, 11) is 0. The van der Waals surface area contributed by atoms with Gasteiger partial charge in [-0.2, -0.15) is 0 Å². The van der Waals surface area contributed by atoms with Crippen LogP contribution in [0.1, 0.15) is 23.6 Å². The Hall–Kier alpha value is -2.94.